The Morgan fingerprint density at radius 3 is 2.36 bits per heavy atom. The van der Waals surface area contributed by atoms with Crippen LogP contribution in [0.4, 0.5) is 0 Å². The summed E-state index contributed by atoms with van der Waals surface area (Å²) in [4.78, 5) is 9.51. The van der Waals surface area contributed by atoms with Crippen molar-refractivity contribution in [3.05, 3.63) is 60.4 Å². The van der Waals surface area contributed by atoms with Gasteiger partial charge in [-0.1, -0.05) is 56.3 Å². The van der Waals surface area contributed by atoms with Crippen LogP contribution in [0.1, 0.15) is 25.6 Å². The molecule has 0 bridgehead atoms. The van der Waals surface area contributed by atoms with Crippen molar-refractivity contribution in [3.63, 3.8) is 0 Å². The van der Waals surface area contributed by atoms with Gasteiger partial charge in [-0.2, -0.15) is 0 Å². The minimum Gasteiger partial charge on any atom is -0.452 e. The van der Waals surface area contributed by atoms with Crippen molar-refractivity contribution in [2.45, 2.75) is 19.8 Å². The molecule has 0 saturated heterocycles. The summed E-state index contributed by atoms with van der Waals surface area (Å²) >= 11 is 0. The van der Waals surface area contributed by atoms with Crippen molar-refractivity contribution in [1.82, 2.24) is 9.97 Å². The molecule has 108 valence electrons. The van der Waals surface area contributed by atoms with E-state index in [2.05, 4.69) is 26.0 Å². The lowest BCUT2D eigenvalue weighted by Crippen LogP contribution is -1.99. The number of rotatable bonds is 2. The third-order valence-electron chi connectivity index (χ3n) is 3.80. The van der Waals surface area contributed by atoms with Gasteiger partial charge in [-0.3, -0.25) is 0 Å². The molecule has 0 atom stereocenters. The third-order valence-corrected chi connectivity index (χ3v) is 3.80. The standard InChI is InChI=1S/C19H16N2O/c1-12(2)19-20-16(13-8-4-3-5-9-13)18-17(21-19)14-10-6-7-11-15(14)22-18/h3-12H,1-2H3. The molecule has 0 spiro atoms. The average molecular weight is 288 g/mol. The van der Waals surface area contributed by atoms with Gasteiger partial charge in [0.1, 0.15) is 22.6 Å². The van der Waals surface area contributed by atoms with Crippen LogP contribution < -0.4 is 0 Å². The largest absolute Gasteiger partial charge is 0.452 e. The van der Waals surface area contributed by atoms with Gasteiger partial charge in [0.2, 0.25) is 0 Å². The van der Waals surface area contributed by atoms with E-state index in [-0.39, 0.29) is 5.92 Å². The number of fused-ring (bicyclic) bond motifs is 3. The Morgan fingerprint density at radius 1 is 0.864 bits per heavy atom. The van der Waals surface area contributed by atoms with E-state index < -0.39 is 0 Å². The molecule has 0 fully saturated rings. The van der Waals surface area contributed by atoms with Crippen LogP contribution in [0, 0.1) is 0 Å². The van der Waals surface area contributed by atoms with Crippen LogP contribution in [-0.2, 0) is 0 Å². The van der Waals surface area contributed by atoms with Crippen LogP contribution in [0.2, 0.25) is 0 Å². The fourth-order valence-corrected chi connectivity index (χ4v) is 2.66. The summed E-state index contributed by atoms with van der Waals surface area (Å²) in [6, 6.07) is 18.2. The Bertz CT molecular complexity index is 955. The molecule has 2 aromatic carbocycles. The predicted octanol–water partition coefficient (Wildman–Crippen LogP) is 5.17. The molecule has 4 rings (SSSR count). The van der Waals surface area contributed by atoms with Crippen molar-refractivity contribution in [2.24, 2.45) is 0 Å². The van der Waals surface area contributed by atoms with Gasteiger partial charge in [0.25, 0.3) is 0 Å². The summed E-state index contributed by atoms with van der Waals surface area (Å²) in [6.45, 7) is 4.22. The van der Waals surface area contributed by atoms with Gasteiger partial charge in [-0.05, 0) is 12.1 Å². The second kappa shape index (κ2) is 4.95. The summed E-state index contributed by atoms with van der Waals surface area (Å²) in [5, 5.41) is 1.04. The number of hydrogen-bond acceptors (Lipinski definition) is 3. The van der Waals surface area contributed by atoms with E-state index in [1.807, 2.05) is 42.5 Å². The highest BCUT2D eigenvalue weighted by atomic mass is 16.3. The molecule has 22 heavy (non-hydrogen) atoms. The van der Waals surface area contributed by atoms with E-state index in [0.29, 0.717) is 0 Å². The van der Waals surface area contributed by atoms with Gasteiger partial charge < -0.3 is 4.42 Å². The number of hydrogen-bond donors (Lipinski definition) is 0. The molecule has 0 amide bonds. The van der Waals surface area contributed by atoms with Gasteiger partial charge >= 0.3 is 0 Å². The van der Waals surface area contributed by atoms with Crippen molar-refractivity contribution >= 4 is 22.1 Å². The number of nitrogens with zero attached hydrogens (tertiary/aromatic N) is 2. The van der Waals surface area contributed by atoms with Crippen molar-refractivity contribution < 1.29 is 4.42 Å². The van der Waals surface area contributed by atoms with Gasteiger partial charge in [-0.15, -0.1) is 0 Å². The molecule has 0 aliphatic heterocycles. The predicted molar refractivity (Wildman–Crippen MR) is 88.8 cm³/mol. The average Bonchev–Trinajstić information content (AvgIpc) is 2.93. The van der Waals surface area contributed by atoms with E-state index in [9.17, 15) is 0 Å². The molecule has 0 radical (unpaired) electrons. The van der Waals surface area contributed by atoms with E-state index >= 15 is 0 Å². The molecule has 2 aromatic heterocycles. The zero-order valence-electron chi connectivity index (χ0n) is 12.6. The molecule has 0 unspecified atom stereocenters. The van der Waals surface area contributed by atoms with Gasteiger partial charge in [-0.25, -0.2) is 9.97 Å². The highest BCUT2D eigenvalue weighted by molar-refractivity contribution is 6.06. The molecule has 0 aliphatic rings. The molecule has 0 saturated carbocycles. The lowest BCUT2D eigenvalue weighted by molar-refractivity contribution is 0.664. The normalized spacial score (nSPS) is 11.6. The van der Waals surface area contributed by atoms with Gasteiger partial charge in [0.05, 0.1) is 0 Å². The molecular weight excluding hydrogens is 272 g/mol. The molecule has 0 aliphatic carbocycles. The smallest absolute Gasteiger partial charge is 0.180 e. The third kappa shape index (κ3) is 1.98. The van der Waals surface area contributed by atoms with E-state index in [0.717, 1.165) is 39.2 Å². The highest BCUT2D eigenvalue weighted by Crippen LogP contribution is 2.34. The lowest BCUT2D eigenvalue weighted by atomic mass is 10.1. The zero-order chi connectivity index (χ0) is 15.1. The van der Waals surface area contributed by atoms with Crippen LogP contribution in [-0.4, -0.2) is 9.97 Å². The quantitative estimate of drug-likeness (QED) is 0.511. The number of para-hydroxylation sites is 1. The Hall–Kier alpha value is -2.68. The van der Waals surface area contributed by atoms with Crippen molar-refractivity contribution in [2.75, 3.05) is 0 Å². The van der Waals surface area contributed by atoms with Crippen LogP contribution in [0.15, 0.2) is 59.0 Å². The molecular formula is C19H16N2O. The fraction of sp³-hybridized carbons (Fsp3) is 0.158. The SMILES string of the molecule is CC(C)c1nc(-c2ccccc2)c2oc3ccccc3c2n1. The highest BCUT2D eigenvalue weighted by Gasteiger charge is 2.17. The van der Waals surface area contributed by atoms with E-state index in [1.165, 1.54) is 0 Å². The van der Waals surface area contributed by atoms with Crippen molar-refractivity contribution in [1.29, 1.82) is 0 Å². The number of benzene rings is 2. The second-order valence-corrected chi connectivity index (χ2v) is 5.73. The van der Waals surface area contributed by atoms with E-state index in [4.69, 9.17) is 14.4 Å². The van der Waals surface area contributed by atoms with Crippen LogP contribution >= 0.6 is 0 Å². The first-order chi connectivity index (χ1) is 10.7. The molecule has 0 N–H and O–H groups in total. The first-order valence-electron chi connectivity index (χ1n) is 7.48. The molecule has 4 aromatic rings. The molecule has 2 heterocycles. The Balaban J connectivity index is 2.14. The minimum atomic E-state index is 0.264. The number of furan rings is 1. The fourth-order valence-electron chi connectivity index (χ4n) is 2.66. The summed E-state index contributed by atoms with van der Waals surface area (Å²) in [6.07, 6.45) is 0. The summed E-state index contributed by atoms with van der Waals surface area (Å²) in [7, 11) is 0. The first-order valence-corrected chi connectivity index (χ1v) is 7.48. The Morgan fingerprint density at radius 2 is 1.59 bits per heavy atom. The maximum atomic E-state index is 6.05. The second-order valence-electron chi connectivity index (χ2n) is 5.73. The summed E-state index contributed by atoms with van der Waals surface area (Å²) in [5.74, 6) is 1.11. The van der Waals surface area contributed by atoms with Gasteiger partial charge in [0.15, 0.2) is 5.58 Å². The summed E-state index contributed by atoms with van der Waals surface area (Å²) < 4.78 is 6.05. The van der Waals surface area contributed by atoms with Crippen LogP contribution in [0.3, 0.4) is 0 Å². The minimum absolute atomic E-state index is 0.264. The first kappa shape index (κ1) is 13.0. The van der Waals surface area contributed by atoms with Gasteiger partial charge in [0, 0.05) is 16.9 Å². The lowest BCUT2D eigenvalue weighted by Gasteiger charge is -2.07. The molecule has 3 heteroatoms. The summed E-state index contributed by atoms with van der Waals surface area (Å²) in [5.41, 5.74) is 4.43. The maximum absolute atomic E-state index is 6.05. The zero-order valence-corrected chi connectivity index (χ0v) is 12.6. The maximum Gasteiger partial charge on any atom is 0.180 e. The van der Waals surface area contributed by atoms with Crippen molar-refractivity contribution in [3.8, 4) is 11.3 Å². The number of aromatic nitrogens is 2. The Labute approximate surface area is 128 Å². The Kier molecular flexibility index (Phi) is 2.93. The van der Waals surface area contributed by atoms with Crippen LogP contribution in [0.5, 0.6) is 0 Å². The monoisotopic (exact) mass is 288 g/mol. The van der Waals surface area contributed by atoms with Crippen LogP contribution in [0.25, 0.3) is 33.3 Å². The topological polar surface area (TPSA) is 38.9 Å². The van der Waals surface area contributed by atoms with E-state index in [1.54, 1.807) is 0 Å². The molecule has 3 nitrogen and oxygen atoms in total.